The summed E-state index contributed by atoms with van der Waals surface area (Å²) in [6.45, 7) is 17.0. The molecule has 0 fully saturated rings. The quantitative estimate of drug-likeness (QED) is 0.530. The van der Waals surface area contributed by atoms with Crippen LogP contribution < -0.4 is 5.32 Å². The van der Waals surface area contributed by atoms with Gasteiger partial charge in [-0.15, -0.1) is 0 Å². The summed E-state index contributed by atoms with van der Waals surface area (Å²) in [6, 6.07) is 6.14. The first-order valence-electron chi connectivity index (χ1n) is 8.40. The van der Waals surface area contributed by atoms with Gasteiger partial charge in [0.25, 0.3) is 5.92 Å². The average molecular weight is 333 g/mol. The van der Waals surface area contributed by atoms with Crippen LogP contribution in [0.5, 0.6) is 0 Å². The number of benzene rings is 1. The molecule has 0 amide bonds. The van der Waals surface area contributed by atoms with E-state index in [0.717, 1.165) is 12.5 Å². The number of hydrogen-bond acceptors (Lipinski definition) is 1. The van der Waals surface area contributed by atoms with Crippen molar-refractivity contribution in [1.82, 2.24) is 5.32 Å². The van der Waals surface area contributed by atoms with Gasteiger partial charge in [-0.25, -0.2) is 8.78 Å². The number of aryl methyl sites for hydroxylation is 1. The fraction of sp³-hybridized carbons (Fsp3) is 0.429. The fourth-order valence-electron chi connectivity index (χ4n) is 2.71. The predicted octanol–water partition coefficient (Wildman–Crippen LogP) is 6.57. The van der Waals surface area contributed by atoms with Crippen LogP contribution in [0.4, 0.5) is 8.78 Å². The molecule has 1 rings (SSSR count). The molecule has 0 unspecified atom stereocenters. The summed E-state index contributed by atoms with van der Waals surface area (Å²) < 4.78 is 27.2. The van der Waals surface area contributed by atoms with Gasteiger partial charge in [0.1, 0.15) is 0 Å². The molecule has 0 spiro atoms. The molecule has 132 valence electrons. The Bertz CT molecular complexity index is 634. The summed E-state index contributed by atoms with van der Waals surface area (Å²) >= 11 is 0. The second-order valence-electron chi connectivity index (χ2n) is 6.66. The Balaban J connectivity index is 2.91. The van der Waals surface area contributed by atoms with Gasteiger partial charge < -0.3 is 5.32 Å². The number of rotatable bonds is 8. The minimum Gasteiger partial charge on any atom is -0.356 e. The molecule has 3 heteroatoms. The Labute approximate surface area is 145 Å². The molecule has 0 aliphatic heterocycles. The van der Waals surface area contributed by atoms with Gasteiger partial charge in [-0.3, -0.25) is 0 Å². The van der Waals surface area contributed by atoms with E-state index in [-0.39, 0.29) is 5.57 Å². The normalized spacial score (nSPS) is 12.4. The van der Waals surface area contributed by atoms with Crippen LogP contribution in [0.2, 0.25) is 0 Å². The maximum absolute atomic E-state index is 13.6. The summed E-state index contributed by atoms with van der Waals surface area (Å²) in [7, 11) is 0. The highest BCUT2D eigenvalue weighted by molar-refractivity contribution is 5.65. The molecule has 1 nitrogen and oxygen atoms in total. The van der Waals surface area contributed by atoms with E-state index in [1.807, 2.05) is 13.0 Å². The first kappa shape index (κ1) is 20.1. The van der Waals surface area contributed by atoms with Crippen LogP contribution in [0.3, 0.4) is 0 Å². The van der Waals surface area contributed by atoms with Crippen molar-refractivity contribution in [1.29, 1.82) is 0 Å². The molecule has 1 aromatic carbocycles. The second-order valence-corrected chi connectivity index (χ2v) is 6.66. The van der Waals surface area contributed by atoms with Crippen LogP contribution in [0, 0.1) is 6.92 Å². The minimum atomic E-state index is -2.84. The summed E-state index contributed by atoms with van der Waals surface area (Å²) in [5.74, 6) is -2.38. The highest BCUT2D eigenvalue weighted by Crippen LogP contribution is 2.28. The monoisotopic (exact) mass is 333 g/mol. The van der Waals surface area contributed by atoms with Crippen molar-refractivity contribution in [3.63, 3.8) is 0 Å². The number of hydrogen-bond donors (Lipinski definition) is 1. The van der Waals surface area contributed by atoms with Crippen molar-refractivity contribution in [2.24, 2.45) is 0 Å². The maximum atomic E-state index is 13.6. The van der Waals surface area contributed by atoms with Crippen LogP contribution in [-0.4, -0.2) is 5.92 Å². The largest absolute Gasteiger partial charge is 0.356 e. The lowest BCUT2D eigenvalue weighted by atomic mass is 9.95. The molecule has 0 saturated carbocycles. The van der Waals surface area contributed by atoms with Crippen LogP contribution in [0.25, 0.3) is 5.70 Å². The number of alkyl halides is 2. The average Bonchev–Trinajstić information content (AvgIpc) is 2.45. The van der Waals surface area contributed by atoms with Crippen molar-refractivity contribution in [3.8, 4) is 0 Å². The van der Waals surface area contributed by atoms with Crippen molar-refractivity contribution in [2.45, 2.75) is 59.3 Å². The van der Waals surface area contributed by atoms with E-state index in [9.17, 15) is 8.78 Å². The molecule has 0 aromatic heterocycles. The van der Waals surface area contributed by atoms with Crippen molar-refractivity contribution in [2.75, 3.05) is 0 Å². The molecule has 24 heavy (non-hydrogen) atoms. The van der Waals surface area contributed by atoms with Gasteiger partial charge in [0.15, 0.2) is 0 Å². The van der Waals surface area contributed by atoms with Crippen LogP contribution >= 0.6 is 0 Å². The Morgan fingerprint density at radius 2 is 1.92 bits per heavy atom. The van der Waals surface area contributed by atoms with Crippen molar-refractivity contribution in [3.05, 3.63) is 65.4 Å². The lowest BCUT2D eigenvalue weighted by molar-refractivity contribution is 0.0594. The molecule has 0 aliphatic carbocycles. The van der Waals surface area contributed by atoms with E-state index in [0.29, 0.717) is 30.2 Å². The first-order chi connectivity index (χ1) is 11.1. The first-order valence-corrected chi connectivity index (χ1v) is 8.40. The van der Waals surface area contributed by atoms with Gasteiger partial charge in [-0.1, -0.05) is 52.5 Å². The summed E-state index contributed by atoms with van der Waals surface area (Å²) in [6.07, 6.45) is 2.45. The maximum Gasteiger partial charge on any atom is 0.266 e. The highest BCUT2D eigenvalue weighted by Gasteiger charge is 2.26. The zero-order valence-electron chi connectivity index (χ0n) is 15.5. The van der Waals surface area contributed by atoms with E-state index in [1.54, 1.807) is 0 Å². The number of allylic oxidation sites excluding steroid dienone is 2. The molecule has 0 bridgehead atoms. The predicted molar refractivity (Wildman–Crippen MR) is 100 cm³/mol. The van der Waals surface area contributed by atoms with E-state index in [4.69, 9.17) is 0 Å². The third-order valence-electron chi connectivity index (χ3n) is 3.98. The third-order valence-corrected chi connectivity index (χ3v) is 3.98. The molecule has 1 N–H and O–H groups in total. The molecule has 1 aromatic rings. The van der Waals surface area contributed by atoms with Gasteiger partial charge in [-0.2, -0.15) is 0 Å². The number of nitrogens with one attached hydrogen (secondary N) is 1. The lowest BCUT2D eigenvalue weighted by Crippen LogP contribution is -2.16. The SMILES string of the molecule is C=C(/C=C(\CCC)C(C)(F)F)NC(=C)c1ccc(C(C)C)c(C)c1. The zero-order chi connectivity index (χ0) is 18.5. The van der Waals surface area contributed by atoms with Crippen LogP contribution in [0.15, 0.2) is 48.7 Å². The van der Waals surface area contributed by atoms with Gasteiger partial charge >= 0.3 is 0 Å². The molecule has 0 aliphatic rings. The summed E-state index contributed by atoms with van der Waals surface area (Å²) in [5.41, 5.74) is 4.59. The Morgan fingerprint density at radius 3 is 2.38 bits per heavy atom. The molecule has 0 atom stereocenters. The highest BCUT2D eigenvalue weighted by atomic mass is 19.3. The van der Waals surface area contributed by atoms with Crippen LogP contribution in [0.1, 0.15) is 63.1 Å². The van der Waals surface area contributed by atoms with Crippen molar-refractivity contribution < 1.29 is 8.78 Å². The van der Waals surface area contributed by atoms with Gasteiger partial charge in [0, 0.05) is 23.9 Å². The summed E-state index contributed by atoms with van der Waals surface area (Å²) in [5, 5.41) is 3.03. The zero-order valence-corrected chi connectivity index (χ0v) is 15.5. The van der Waals surface area contributed by atoms with Crippen LogP contribution in [-0.2, 0) is 0 Å². The standard InChI is InChI=1S/C21H29F2N/c1-8-9-19(21(7,22)23)13-16(5)24-17(6)18-10-11-20(14(2)3)15(4)12-18/h10-14,24H,5-6,8-9H2,1-4,7H3/b19-13+. The van der Waals surface area contributed by atoms with Gasteiger partial charge in [0.05, 0.1) is 0 Å². The smallest absolute Gasteiger partial charge is 0.266 e. The van der Waals surface area contributed by atoms with Gasteiger partial charge in [0.2, 0.25) is 0 Å². The molecular formula is C21H29F2N. The van der Waals surface area contributed by atoms with E-state index < -0.39 is 5.92 Å². The lowest BCUT2D eigenvalue weighted by Gasteiger charge is -2.17. The molecule has 0 heterocycles. The summed E-state index contributed by atoms with van der Waals surface area (Å²) in [4.78, 5) is 0. The third kappa shape index (κ3) is 5.63. The van der Waals surface area contributed by atoms with E-state index in [1.165, 1.54) is 17.2 Å². The molecule has 0 saturated heterocycles. The van der Waals surface area contributed by atoms with Crippen molar-refractivity contribution >= 4 is 5.70 Å². The topological polar surface area (TPSA) is 12.0 Å². The minimum absolute atomic E-state index is 0.0848. The van der Waals surface area contributed by atoms with Gasteiger partial charge in [-0.05, 0) is 48.1 Å². The molecular weight excluding hydrogens is 304 g/mol. The fourth-order valence-corrected chi connectivity index (χ4v) is 2.71. The second kappa shape index (κ2) is 8.27. The molecule has 0 radical (unpaired) electrons. The number of halogens is 2. The Morgan fingerprint density at radius 1 is 1.29 bits per heavy atom. The van der Waals surface area contributed by atoms with E-state index in [2.05, 4.69) is 51.4 Å². The Kier molecular flexibility index (Phi) is 6.94. The Hall–Kier alpha value is -1.90. The van der Waals surface area contributed by atoms with E-state index >= 15 is 0 Å².